The van der Waals surface area contributed by atoms with Gasteiger partial charge in [-0.15, -0.1) is 0 Å². The molecule has 0 radical (unpaired) electrons. The van der Waals surface area contributed by atoms with E-state index in [2.05, 4.69) is 0 Å². The minimum Gasteiger partial charge on any atom is -0.493 e. The van der Waals surface area contributed by atoms with Gasteiger partial charge in [0.05, 0.1) is 14.2 Å². The lowest BCUT2D eigenvalue weighted by Crippen LogP contribution is -2.02. The van der Waals surface area contributed by atoms with Crippen LogP contribution >= 0.6 is 0 Å². The molecule has 7 nitrogen and oxygen atoms in total. The lowest BCUT2D eigenvalue weighted by atomic mass is 10.3. The van der Waals surface area contributed by atoms with Crippen LogP contribution in [0.2, 0.25) is 0 Å². The van der Waals surface area contributed by atoms with E-state index in [1.807, 2.05) is 0 Å². The van der Waals surface area contributed by atoms with Crippen LogP contribution < -0.4 is 9.47 Å². The first-order valence-electron chi connectivity index (χ1n) is 4.62. The quantitative estimate of drug-likeness (QED) is 0.795. The van der Waals surface area contributed by atoms with Crippen molar-refractivity contribution in [2.24, 2.45) is 0 Å². The van der Waals surface area contributed by atoms with Gasteiger partial charge in [0.2, 0.25) is 0 Å². The van der Waals surface area contributed by atoms with E-state index in [0.717, 1.165) is 6.92 Å². The standard InChI is InChI=1S/C8H10O5S.C2H4O2/c1-12-6-4-3-5-7(8(6)13-2)14(9,10)11;1-2(3)4/h3-5H,1-2H3,(H,9,10,11);1H3,(H,3,4). The summed E-state index contributed by atoms with van der Waals surface area (Å²) in [7, 11) is -1.60. The van der Waals surface area contributed by atoms with Crippen molar-refractivity contribution in [3.63, 3.8) is 0 Å². The maximum Gasteiger partial charge on any atom is 0.300 e. The second kappa shape index (κ2) is 6.82. The molecule has 0 spiro atoms. The molecule has 0 aromatic heterocycles. The van der Waals surface area contributed by atoms with E-state index < -0.39 is 16.1 Å². The molecule has 0 fully saturated rings. The van der Waals surface area contributed by atoms with Crippen molar-refractivity contribution in [2.75, 3.05) is 14.2 Å². The van der Waals surface area contributed by atoms with Crippen molar-refractivity contribution in [3.8, 4) is 11.5 Å². The lowest BCUT2D eigenvalue weighted by molar-refractivity contribution is -0.134. The Morgan fingerprint density at radius 3 is 2.06 bits per heavy atom. The summed E-state index contributed by atoms with van der Waals surface area (Å²) in [6.07, 6.45) is 0. The number of rotatable bonds is 3. The van der Waals surface area contributed by atoms with Crippen molar-refractivity contribution in [3.05, 3.63) is 18.2 Å². The van der Waals surface area contributed by atoms with Crippen LogP contribution in [0.15, 0.2) is 23.1 Å². The molecule has 1 rings (SSSR count). The van der Waals surface area contributed by atoms with Gasteiger partial charge in [-0.25, -0.2) is 0 Å². The summed E-state index contributed by atoms with van der Waals surface area (Å²) in [5.74, 6) is -0.583. The third kappa shape index (κ3) is 5.02. The molecule has 2 N–H and O–H groups in total. The van der Waals surface area contributed by atoms with Crippen LogP contribution in [-0.2, 0) is 14.9 Å². The highest BCUT2D eigenvalue weighted by molar-refractivity contribution is 7.86. The maximum atomic E-state index is 10.9. The molecule has 0 unspecified atom stereocenters. The number of aliphatic carboxylic acids is 1. The van der Waals surface area contributed by atoms with Gasteiger partial charge in [0.25, 0.3) is 16.1 Å². The summed E-state index contributed by atoms with van der Waals surface area (Å²) in [5.41, 5.74) is 0. The van der Waals surface area contributed by atoms with Gasteiger partial charge in [-0.3, -0.25) is 9.35 Å². The molecule has 18 heavy (non-hydrogen) atoms. The Morgan fingerprint density at radius 1 is 1.22 bits per heavy atom. The molecule has 0 bridgehead atoms. The van der Waals surface area contributed by atoms with Crippen LogP contribution in [0.3, 0.4) is 0 Å². The SMILES string of the molecule is CC(=O)O.COc1cccc(S(=O)(=O)O)c1OC. The molecule has 8 heteroatoms. The van der Waals surface area contributed by atoms with Crippen molar-refractivity contribution < 1.29 is 32.3 Å². The summed E-state index contributed by atoms with van der Waals surface area (Å²) in [6.45, 7) is 1.08. The van der Waals surface area contributed by atoms with Crippen molar-refractivity contribution >= 4 is 16.1 Å². The number of benzene rings is 1. The number of hydrogen-bond acceptors (Lipinski definition) is 5. The highest BCUT2D eigenvalue weighted by Gasteiger charge is 2.19. The monoisotopic (exact) mass is 278 g/mol. The summed E-state index contributed by atoms with van der Waals surface area (Å²) in [5, 5.41) is 7.42. The Balaban J connectivity index is 0.000000631. The summed E-state index contributed by atoms with van der Waals surface area (Å²) >= 11 is 0. The Kier molecular flexibility index (Phi) is 6.14. The number of hydrogen-bond donors (Lipinski definition) is 2. The van der Waals surface area contributed by atoms with Gasteiger partial charge >= 0.3 is 0 Å². The van der Waals surface area contributed by atoms with Gasteiger partial charge in [0, 0.05) is 6.92 Å². The molecule has 102 valence electrons. The van der Waals surface area contributed by atoms with E-state index in [1.165, 1.54) is 32.4 Å². The average Bonchev–Trinajstić information content (AvgIpc) is 2.25. The van der Waals surface area contributed by atoms with E-state index in [1.54, 1.807) is 0 Å². The second-order valence-electron chi connectivity index (χ2n) is 2.99. The molecular formula is C10H14O7S. The molecule has 0 aliphatic carbocycles. The fourth-order valence-electron chi connectivity index (χ4n) is 1.06. The van der Waals surface area contributed by atoms with Gasteiger partial charge in [-0.1, -0.05) is 6.07 Å². The largest absolute Gasteiger partial charge is 0.493 e. The molecule has 0 saturated heterocycles. The Hall–Kier alpha value is -1.80. The van der Waals surface area contributed by atoms with Crippen molar-refractivity contribution in [2.45, 2.75) is 11.8 Å². The number of methoxy groups -OCH3 is 2. The highest BCUT2D eigenvalue weighted by Crippen LogP contribution is 2.33. The van der Waals surface area contributed by atoms with E-state index in [-0.39, 0.29) is 16.4 Å². The molecule has 1 aromatic rings. The van der Waals surface area contributed by atoms with Gasteiger partial charge in [-0.05, 0) is 12.1 Å². The van der Waals surface area contributed by atoms with Crippen LogP contribution in [0.1, 0.15) is 6.92 Å². The van der Waals surface area contributed by atoms with Crippen LogP contribution in [0.4, 0.5) is 0 Å². The number of carboxylic acid groups (broad SMARTS) is 1. The predicted molar refractivity (Wildman–Crippen MR) is 62.7 cm³/mol. The molecule has 0 heterocycles. The summed E-state index contributed by atoms with van der Waals surface area (Å²) in [4.78, 5) is 8.69. The first-order chi connectivity index (χ1) is 8.23. The zero-order chi connectivity index (χ0) is 14.3. The number of ether oxygens (including phenoxy) is 2. The molecule has 0 amide bonds. The average molecular weight is 278 g/mol. The van der Waals surface area contributed by atoms with Crippen LogP contribution in [0.25, 0.3) is 0 Å². The predicted octanol–water partition coefficient (Wildman–Crippen LogP) is 1.04. The molecule has 0 saturated carbocycles. The van der Waals surface area contributed by atoms with Crippen LogP contribution in [0.5, 0.6) is 11.5 Å². The van der Waals surface area contributed by atoms with Crippen LogP contribution in [-0.4, -0.2) is 38.3 Å². The van der Waals surface area contributed by atoms with Crippen molar-refractivity contribution in [1.82, 2.24) is 0 Å². The van der Waals surface area contributed by atoms with Crippen LogP contribution in [0, 0.1) is 0 Å². The Labute approximate surface area is 105 Å². The molecule has 0 aliphatic rings. The molecule has 0 atom stereocenters. The normalized spacial score (nSPS) is 10.0. The Morgan fingerprint density at radius 2 is 1.72 bits per heavy atom. The molecule has 1 aromatic carbocycles. The number of carboxylic acids is 1. The zero-order valence-corrected chi connectivity index (χ0v) is 10.9. The van der Waals surface area contributed by atoms with Gasteiger partial charge in [-0.2, -0.15) is 8.42 Å². The fourth-order valence-corrected chi connectivity index (χ4v) is 1.73. The minimum atomic E-state index is -4.28. The maximum absolute atomic E-state index is 10.9. The first kappa shape index (κ1) is 16.2. The third-order valence-electron chi connectivity index (χ3n) is 1.64. The van der Waals surface area contributed by atoms with Gasteiger partial charge < -0.3 is 14.6 Å². The highest BCUT2D eigenvalue weighted by atomic mass is 32.2. The van der Waals surface area contributed by atoms with E-state index in [9.17, 15) is 8.42 Å². The van der Waals surface area contributed by atoms with E-state index >= 15 is 0 Å². The number of para-hydroxylation sites is 1. The molecular weight excluding hydrogens is 264 g/mol. The minimum absolute atomic E-state index is 0.00231. The van der Waals surface area contributed by atoms with Crippen molar-refractivity contribution in [1.29, 1.82) is 0 Å². The van der Waals surface area contributed by atoms with E-state index in [0.29, 0.717) is 0 Å². The summed E-state index contributed by atoms with van der Waals surface area (Å²) < 4.78 is 40.4. The fraction of sp³-hybridized carbons (Fsp3) is 0.300. The topological polar surface area (TPSA) is 110 Å². The zero-order valence-electron chi connectivity index (χ0n) is 10.1. The smallest absolute Gasteiger partial charge is 0.300 e. The molecule has 0 aliphatic heterocycles. The summed E-state index contributed by atoms with van der Waals surface area (Å²) in [6, 6.07) is 4.22. The van der Waals surface area contributed by atoms with Gasteiger partial charge in [0.1, 0.15) is 4.90 Å². The van der Waals surface area contributed by atoms with Gasteiger partial charge in [0.15, 0.2) is 11.5 Å². The van der Waals surface area contributed by atoms with E-state index in [4.69, 9.17) is 23.9 Å². The Bertz CT molecular complexity index is 503. The lowest BCUT2D eigenvalue weighted by Gasteiger charge is -2.09. The number of carbonyl (C=O) groups is 1. The third-order valence-corrected chi connectivity index (χ3v) is 2.52. The second-order valence-corrected chi connectivity index (χ2v) is 4.38. The first-order valence-corrected chi connectivity index (χ1v) is 6.06.